The number of benzene rings is 2. The average Bonchev–Trinajstić information content (AvgIpc) is 3.09. The highest BCUT2D eigenvalue weighted by molar-refractivity contribution is 7.89. The van der Waals surface area contributed by atoms with Crippen LogP contribution in [0.25, 0.3) is 11.1 Å². The summed E-state index contributed by atoms with van der Waals surface area (Å²) in [4.78, 5) is 22.6. The van der Waals surface area contributed by atoms with Gasteiger partial charge in [-0.3, -0.25) is 14.7 Å². The van der Waals surface area contributed by atoms with Crippen LogP contribution in [0.2, 0.25) is 0 Å². The lowest BCUT2D eigenvalue weighted by molar-refractivity contribution is -0.386. The molecule has 0 N–H and O–H groups in total. The molecule has 4 rings (SSSR count). The minimum atomic E-state index is -3.89. The molecule has 1 aromatic heterocycles. The molecule has 0 atom stereocenters. The van der Waals surface area contributed by atoms with Crippen LogP contribution in [0, 0.1) is 10.1 Å². The van der Waals surface area contributed by atoms with Gasteiger partial charge in [0, 0.05) is 19.2 Å². The fraction of sp³-hybridized carbons (Fsp3) is 0.316. The lowest BCUT2D eigenvalue weighted by atomic mass is 10.3. The molecule has 0 saturated carbocycles. The van der Waals surface area contributed by atoms with Gasteiger partial charge < -0.3 is 13.9 Å². The number of hydrogen-bond donors (Lipinski definition) is 0. The molecule has 3 aromatic rings. The van der Waals surface area contributed by atoms with Gasteiger partial charge in [0.25, 0.3) is 0 Å². The van der Waals surface area contributed by atoms with E-state index in [9.17, 15) is 23.3 Å². The van der Waals surface area contributed by atoms with Crippen LogP contribution in [0.15, 0.2) is 56.6 Å². The largest absolute Gasteiger partial charge is 0.485 e. The van der Waals surface area contributed by atoms with Crippen LogP contribution < -0.4 is 10.5 Å². The van der Waals surface area contributed by atoms with Crippen molar-refractivity contribution in [3.8, 4) is 5.75 Å². The predicted molar refractivity (Wildman–Crippen MR) is 109 cm³/mol. The van der Waals surface area contributed by atoms with Crippen molar-refractivity contribution >= 4 is 26.8 Å². The van der Waals surface area contributed by atoms with Crippen molar-refractivity contribution in [2.45, 2.75) is 11.4 Å². The third-order valence-electron chi connectivity index (χ3n) is 4.88. The highest BCUT2D eigenvalue weighted by Gasteiger charge is 2.29. The Morgan fingerprint density at radius 2 is 1.87 bits per heavy atom. The number of ether oxygens (including phenoxy) is 2. The fourth-order valence-electron chi connectivity index (χ4n) is 3.33. The Balaban J connectivity index is 1.54. The van der Waals surface area contributed by atoms with E-state index < -0.39 is 26.4 Å². The van der Waals surface area contributed by atoms with Crippen LogP contribution in [0.4, 0.5) is 5.69 Å². The number of nitrogens with zero attached hydrogens (tertiary/aromatic N) is 3. The molecule has 0 aliphatic carbocycles. The van der Waals surface area contributed by atoms with E-state index in [0.717, 1.165) is 6.07 Å². The number of fused-ring (bicyclic) bond motifs is 1. The van der Waals surface area contributed by atoms with E-state index in [2.05, 4.69) is 0 Å². The summed E-state index contributed by atoms with van der Waals surface area (Å²) in [5.41, 5.74) is 0.535. The molecule has 0 amide bonds. The number of rotatable bonds is 7. The van der Waals surface area contributed by atoms with Crippen molar-refractivity contribution in [1.29, 1.82) is 0 Å². The predicted octanol–water partition coefficient (Wildman–Crippen LogP) is 1.60. The second-order valence-corrected chi connectivity index (χ2v) is 8.68. The van der Waals surface area contributed by atoms with Crippen LogP contribution in [-0.4, -0.2) is 55.1 Å². The number of para-hydroxylation sites is 2. The standard InChI is InChI=1S/C19H19N3O8S/c23-19-21(15-3-1-2-4-18(15)30-19)9-12-29-17-6-5-14(13-16(17)22(24)25)31(26,27)20-7-10-28-11-8-20/h1-6,13H,7-12H2. The van der Waals surface area contributed by atoms with E-state index in [0.29, 0.717) is 11.1 Å². The zero-order chi connectivity index (χ0) is 22.0. The van der Waals surface area contributed by atoms with Gasteiger partial charge in [-0.2, -0.15) is 4.31 Å². The van der Waals surface area contributed by atoms with Gasteiger partial charge in [-0.1, -0.05) is 12.1 Å². The van der Waals surface area contributed by atoms with Gasteiger partial charge in [0.1, 0.15) is 6.61 Å². The highest BCUT2D eigenvalue weighted by atomic mass is 32.2. The minimum Gasteiger partial charge on any atom is -0.485 e. The van der Waals surface area contributed by atoms with Gasteiger partial charge >= 0.3 is 11.4 Å². The summed E-state index contributed by atoms with van der Waals surface area (Å²) >= 11 is 0. The van der Waals surface area contributed by atoms with Crippen molar-refractivity contribution in [2.24, 2.45) is 0 Å². The molecule has 0 spiro atoms. The topological polar surface area (TPSA) is 134 Å². The maximum atomic E-state index is 12.8. The van der Waals surface area contributed by atoms with Crippen LogP contribution >= 0.6 is 0 Å². The first-order valence-corrected chi connectivity index (χ1v) is 10.9. The third-order valence-corrected chi connectivity index (χ3v) is 6.78. The summed E-state index contributed by atoms with van der Waals surface area (Å²) in [6.07, 6.45) is 0. The molecule has 0 bridgehead atoms. The fourth-order valence-corrected chi connectivity index (χ4v) is 4.76. The van der Waals surface area contributed by atoms with E-state index in [1.807, 2.05) is 0 Å². The SMILES string of the molecule is O=c1oc2ccccc2n1CCOc1ccc(S(=O)(=O)N2CCOCC2)cc1[N+](=O)[O-]. The molecule has 1 fully saturated rings. The second kappa shape index (κ2) is 8.49. The number of hydrogen-bond acceptors (Lipinski definition) is 8. The first-order chi connectivity index (χ1) is 14.9. The average molecular weight is 449 g/mol. The number of nitro groups is 1. The van der Waals surface area contributed by atoms with Gasteiger partial charge in [0.15, 0.2) is 11.3 Å². The lowest BCUT2D eigenvalue weighted by Gasteiger charge is -2.26. The Morgan fingerprint density at radius 1 is 1.13 bits per heavy atom. The van der Waals surface area contributed by atoms with Crippen LogP contribution in [0.3, 0.4) is 0 Å². The Kier molecular flexibility index (Phi) is 5.76. The number of oxazole rings is 1. The summed E-state index contributed by atoms with van der Waals surface area (Å²) in [6, 6.07) is 10.4. The Labute approximate surface area is 176 Å². The molecular formula is C19H19N3O8S. The van der Waals surface area contributed by atoms with E-state index >= 15 is 0 Å². The first-order valence-electron chi connectivity index (χ1n) is 9.45. The molecule has 12 heteroatoms. The molecule has 11 nitrogen and oxygen atoms in total. The quantitative estimate of drug-likeness (QED) is 0.392. The van der Waals surface area contributed by atoms with Crippen molar-refractivity contribution in [2.75, 3.05) is 32.9 Å². The number of nitro benzene ring substituents is 1. The molecule has 31 heavy (non-hydrogen) atoms. The lowest BCUT2D eigenvalue weighted by Crippen LogP contribution is -2.40. The van der Waals surface area contributed by atoms with Crippen LogP contribution in [-0.2, 0) is 21.3 Å². The summed E-state index contributed by atoms with van der Waals surface area (Å²) in [7, 11) is -3.89. The van der Waals surface area contributed by atoms with Crippen molar-refractivity contribution in [3.63, 3.8) is 0 Å². The summed E-state index contributed by atoms with van der Waals surface area (Å²) < 4.78 is 43.9. The normalized spacial score (nSPS) is 15.2. The summed E-state index contributed by atoms with van der Waals surface area (Å²) in [6.45, 7) is 0.944. The molecule has 1 aliphatic heterocycles. The maximum Gasteiger partial charge on any atom is 0.420 e. The second-order valence-electron chi connectivity index (χ2n) is 6.74. The summed E-state index contributed by atoms with van der Waals surface area (Å²) in [5.74, 6) is -0.655. The van der Waals surface area contributed by atoms with Crippen LogP contribution in [0.1, 0.15) is 0 Å². The monoisotopic (exact) mass is 449 g/mol. The first kappa shape index (κ1) is 21.0. The van der Waals surface area contributed by atoms with E-state index in [1.165, 1.54) is 21.0 Å². The molecule has 2 aromatic carbocycles. The Bertz CT molecular complexity index is 1270. The number of morpholine rings is 1. The number of sulfonamides is 1. The van der Waals surface area contributed by atoms with E-state index in [4.69, 9.17) is 13.9 Å². The molecular weight excluding hydrogens is 430 g/mol. The van der Waals surface area contributed by atoms with Gasteiger partial charge in [-0.25, -0.2) is 13.2 Å². The van der Waals surface area contributed by atoms with Gasteiger partial charge in [0.2, 0.25) is 10.0 Å². The van der Waals surface area contributed by atoms with Crippen molar-refractivity contribution < 1.29 is 27.2 Å². The minimum absolute atomic E-state index is 0.0557. The zero-order valence-electron chi connectivity index (χ0n) is 16.3. The molecule has 2 heterocycles. The molecule has 1 aliphatic rings. The maximum absolute atomic E-state index is 12.8. The van der Waals surface area contributed by atoms with E-state index in [-0.39, 0.29) is 50.1 Å². The highest BCUT2D eigenvalue weighted by Crippen LogP contribution is 2.31. The number of aromatic nitrogens is 1. The Hall–Kier alpha value is -3.22. The van der Waals surface area contributed by atoms with Gasteiger partial charge in [0.05, 0.1) is 35.1 Å². The van der Waals surface area contributed by atoms with Gasteiger partial charge in [-0.15, -0.1) is 0 Å². The van der Waals surface area contributed by atoms with Crippen LogP contribution in [0.5, 0.6) is 5.75 Å². The Morgan fingerprint density at radius 3 is 2.61 bits per heavy atom. The smallest absolute Gasteiger partial charge is 0.420 e. The van der Waals surface area contributed by atoms with Crippen molar-refractivity contribution in [3.05, 3.63) is 63.1 Å². The zero-order valence-corrected chi connectivity index (χ0v) is 17.1. The molecule has 0 radical (unpaired) electrons. The molecule has 164 valence electrons. The summed E-state index contributed by atoms with van der Waals surface area (Å²) in [5, 5.41) is 11.5. The van der Waals surface area contributed by atoms with Gasteiger partial charge in [-0.05, 0) is 24.3 Å². The van der Waals surface area contributed by atoms with E-state index in [1.54, 1.807) is 24.3 Å². The molecule has 1 saturated heterocycles. The molecule has 0 unspecified atom stereocenters. The van der Waals surface area contributed by atoms with Crippen molar-refractivity contribution in [1.82, 2.24) is 8.87 Å². The third kappa shape index (κ3) is 4.17.